The van der Waals surface area contributed by atoms with Gasteiger partial charge in [0.1, 0.15) is 22.5 Å². The largest absolute Gasteiger partial charge is 0.507 e. The topological polar surface area (TPSA) is 131 Å². The number of aliphatic hydroxyl groups excluding tert-OH is 1. The molecule has 9 heteroatoms. The lowest BCUT2D eigenvalue weighted by Gasteiger charge is -2.34. The molecular formula is C18H21NO7S. The smallest absolute Gasteiger partial charge is 0.304 e. The maximum absolute atomic E-state index is 12.5. The molecule has 0 saturated carbocycles. The van der Waals surface area contributed by atoms with Crippen molar-refractivity contribution in [1.29, 1.82) is 0 Å². The maximum Gasteiger partial charge on any atom is 0.304 e. The monoisotopic (exact) mass is 395 g/mol. The van der Waals surface area contributed by atoms with Crippen LogP contribution in [-0.2, 0) is 4.79 Å². The fourth-order valence-corrected chi connectivity index (χ4v) is 4.21. The van der Waals surface area contributed by atoms with Gasteiger partial charge in [-0.05, 0) is 20.0 Å². The van der Waals surface area contributed by atoms with Crippen molar-refractivity contribution in [1.82, 2.24) is 4.90 Å². The molecule has 8 nitrogen and oxygen atoms in total. The van der Waals surface area contributed by atoms with Gasteiger partial charge in [-0.15, -0.1) is 0 Å². The van der Waals surface area contributed by atoms with Crippen molar-refractivity contribution in [2.45, 2.75) is 30.0 Å². The molecule has 4 N–H and O–H groups in total. The lowest BCUT2D eigenvalue weighted by molar-refractivity contribution is -0.136. The van der Waals surface area contributed by atoms with E-state index in [0.717, 1.165) is 17.8 Å². The number of hydrogen-bond acceptors (Lipinski definition) is 8. The third kappa shape index (κ3) is 4.05. The third-order valence-electron chi connectivity index (χ3n) is 4.69. The molecule has 0 amide bonds. The highest BCUT2D eigenvalue weighted by molar-refractivity contribution is 7.99. The predicted molar refractivity (Wildman–Crippen MR) is 99.7 cm³/mol. The Bertz CT molecular complexity index is 926. The molecule has 1 fully saturated rings. The SMILES string of the molecule is CN1CC[C@H](c2c(O)cc(O)c3c(=O)cc(SCCC(=O)O)oc23)[C@H](O)C1. The highest BCUT2D eigenvalue weighted by Gasteiger charge is 2.32. The van der Waals surface area contributed by atoms with Crippen molar-refractivity contribution < 1.29 is 29.6 Å². The van der Waals surface area contributed by atoms with E-state index in [1.165, 1.54) is 6.07 Å². The minimum absolute atomic E-state index is 0.0337. The van der Waals surface area contributed by atoms with Crippen LogP contribution >= 0.6 is 11.8 Å². The number of rotatable bonds is 5. The summed E-state index contributed by atoms with van der Waals surface area (Å²) in [4.78, 5) is 25.1. The maximum atomic E-state index is 12.5. The number of likely N-dealkylation sites (tertiary alicyclic amines) is 1. The van der Waals surface area contributed by atoms with Crippen molar-refractivity contribution in [3.63, 3.8) is 0 Å². The van der Waals surface area contributed by atoms with Crippen LogP contribution in [-0.4, -0.2) is 63.3 Å². The number of likely N-dealkylation sites (N-methyl/N-ethyl adjacent to an activating group) is 1. The summed E-state index contributed by atoms with van der Waals surface area (Å²) in [6.45, 7) is 1.10. The van der Waals surface area contributed by atoms with Crippen molar-refractivity contribution in [3.05, 3.63) is 27.9 Å². The van der Waals surface area contributed by atoms with E-state index in [-0.39, 0.29) is 34.0 Å². The van der Waals surface area contributed by atoms with Crippen molar-refractivity contribution >= 4 is 28.7 Å². The molecule has 0 spiro atoms. The van der Waals surface area contributed by atoms with E-state index in [1.54, 1.807) is 0 Å². The summed E-state index contributed by atoms with van der Waals surface area (Å²) in [6, 6.07) is 2.29. The first-order valence-corrected chi connectivity index (χ1v) is 9.50. The van der Waals surface area contributed by atoms with Gasteiger partial charge in [0.25, 0.3) is 0 Å². The average molecular weight is 395 g/mol. The van der Waals surface area contributed by atoms with Gasteiger partial charge in [0, 0.05) is 35.9 Å². The number of piperidine rings is 1. The van der Waals surface area contributed by atoms with Gasteiger partial charge < -0.3 is 29.7 Å². The van der Waals surface area contributed by atoms with E-state index in [9.17, 15) is 24.9 Å². The quantitative estimate of drug-likeness (QED) is 0.557. The standard InChI is InChI=1S/C18H21NO7S/c1-19-4-2-9(13(23)8-19)16-10(20)6-11(21)17-12(22)7-15(26-18(16)17)27-5-3-14(24)25/h6-7,9,13,20-21,23H,2-5,8H2,1H3,(H,24,25)/t9-,13+/m0/s1. The second-order valence-corrected chi connectivity index (χ2v) is 7.78. The number of phenols is 2. The molecule has 1 aromatic carbocycles. The number of nitrogens with zero attached hydrogens (tertiary/aromatic N) is 1. The Morgan fingerprint density at radius 1 is 1.33 bits per heavy atom. The molecule has 3 rings (SSSR count). The Hall–Kier alpha value is -2.23. The summed E-state index contributed by atoms with van der Waals surface area (Å²) in [6.07, 6.45) is -0.320. The lowest BCUT2D eigenvalue weighted by Crippen LogP contribution is -2.40. The Kier molecular flexibility index (Phi) is 5.64. The summed E-state index contributed by atoms with van der Waals surface area (Å²) in [5, 5.41) is 39.9. The van der Waals surface area contributed by atoms with Crippen molar-refractivity contribution in [2.24, 2.45) is 0 Å². The van der Waals surface area contributed by atoms with E-state index in [2.05, 4.69) is 0 Å². The van der Waals surface area contributed by atoms with E-state index in [0.29, 0.717) is 25.1 Å². The molecule has 27 heavy (non-hydrogen) atoms. The fourth-order valence-electron chi connectivity index (χ4n) is 3.39. The Morgan fingerprint density at radius 3 is 2.74 bits per heavy atom. The second-order valence-electron chi connectivity index (χ2n) is 6.68. The Morgan fingerprint density at radius 2 is 2.07 bits per heavy atom. The average Bonchev–Trinajstić information content (AvgIpc) is 2.55. The van der Waals surface area contributed by atoms with Gasteiger partial charge >= 0.3 is 5.97 Å². The summed E-state index contributed by atoms with van der Waals surface area (Å²) in [5.74, 6) is -1.85. The number of benzene rings is 1. The van der Waals surface area contributed by atoms with Gasteiger partial charge in [-0.1, -0.05) is 11.8 Å². The molecular weight excluding hydrogens is 374 g/mol. The van der Waals surface area contributed by atoms with E-state index < -0.39 is 29.2 Å². The number of aliphatic hydroxyl groups is 1. The number of fused-ring (bicyclic) bond motifs is 1. The highest BCUT2D eigenvalue weighted by atomic mass is 32.2. The zero-order valence-electron chi connectivity index (χ0n) is 14.7. The molecule has 0 unspecified atom stereocenters. The van der Waals surface area contributed by atoms with Crippen molar-refractivity contribution in [3.8, 4) is 11.5 Å². The zero-order chi connectivity index (χ0) is 19.7. The number of β-amino-alcohol motifs (C(OH)–C–C–N with tert-alkyl or cyclic N) is 1. The van der Waals surface area contributed by atoms with Crippen LogP contribution in [0, 0.1) is 0 Å². The molecule has 0 aliphatic carbocycles. The summed E-state index contributed by atoms with van der Waals surface area (Å²) >= 11 is 1.06. The van der Waals surface area contributed by atoms with E-state index in [4.69, 9.17) is 9.52 Å². The number of carboxylic acids is 1. The van der Waals surface area contributed by atoms with Crippen LogP contribution in [0.2, 0.25) is 0 Å². The first kappa shape index (κ1) is 19.5. The molecule has 1 saturated heterocycles. The molecule has 146 valence electrons. The molecule has 1 aromatic heterocycles. The second kappa shape index (κ2) is 7.79. The molecule has 1 aliphatic rings. The summed E-state index contributed by atoms with van der Waals surface area (Å²) in [5.41, 5.74) is -0.164. The number of aromatic hydroxyl groups is 2. The first-order chi connectivity index (χ1) is 12.8. The van der Waals surface area contributed by atoms with Gasteiger partial charge in [-0.3, -0.25) is 9.59 Å². The predicted octanol–water partition coefficient (Wildman–Crippen LogP) is 1.55. The zero-order valence-corrected chi connectivity index (χ0v) is 15.5. The minimum atomic E-state index is -0.962. The lowest BCUT2D eigenvalue weighted by atomic mass is 9.85. The van der Waals surface area contributed by atoms with Crippen LogP contribution in [0.25, 0.3) is 11.0 Å². The number of carbonyl (C=O) groups is 1. The number of carboxylic acid groups (broad SMARTS) is 1. The van der Waals surface area contributed by atoms with Crippen LogP contribution in [0.1, 0.15) is 24.3 Å². The molecule has 1 aliphatic heterocycles. The molecule has 2 heterocycles. The first-order valence-electron chi connectivity index (χ1n) is 8.51. The van der Waals surface area contributed by atoms with Crippen LogP contribution in [0.5, 0.6) is 11.5 Å². The number of hydrogen-bond donors (Lipinski definition) is 4. The molecule has 2 atom stereocenters. The van der Waals surface area contributed by atoms with Crippen LogP contribution < -0.4 is 5.43 Å². The van der Waals surface area contributed by atoms with Crippen LogP contribution in [0.3, 0.4) is 0 Å². The molecule has 0 radical (unpaired) electrons. The van der Waals surface area contributed by atoms with Crippen LogP contribution in [0.15, 0.2) is 26.4 Å². The summed E-state index contributed by atoms with van der Waals surface area (Å²) in [7, 11) is 1.88. The Balaban J connectivity index is 2.10. The van der Waals surface area contributed by atoms with Crippen molar-refractivity contribution in [2.75, 3.05) is 25.9 Å². The van der Waals surface area contributed by atoms with Gasteiger partial charge in [0.15, 0.2) is 10.5 Å². The molecule has 0 bridgehead atoms. The normalized spacial score (nSPS) is 20.8. The number of thioether (sulfide) groups is 1. The van der Waals surface area contributed by atoms with E-state index in [1.807, 2.05) is 11.9 Å². The van der Waals surface area contributed by atoms with Crippen LogP contribution in [0.4, 0.5) is 0 Å². The summed E-state index contributed by atoms with van der Waals surface area (Å²) < 4.78 is 5.77. The highest BCUT2D eigenvalue weighted by Crippen LogP contribution is 2.42. The number of phenolic OH excluding ortho intramolecular Hbond substituents is 2. The minimum Gasteiger partial charge on any atom is -0.507 e. The van der Waals surface area contributed by atoms with E-state index >= 15 is 0 Å². The number of aliphatic carboxylic acids is 1. The van der Waals surface area contributed by atoms with Gasteiger partial charge in [0.05, 0.1) is 12.5 Å². The van der Waals surface area contributed by atoms with Gasteiger partial charge in [-0.25, -0.2) is 0 Å². The third-order valence-corrected chi connectivity index (χ3v) is 5.59. The fraction of sp³-hybridized carbons (Fsp3) is 0.444. The van der Waals surface area contributed by atoms with Gasteiger partial charge in [-0.2, -0.15) is 0 Å². The Labute approximate surface area is 159 Å². The van der Waals surface area contributed by atoms with Gasteiger partial charge in [0.2, 0.25) is 0 Å². The molecule has 2 aromatic rings.